The maximum atomic E-state index is 12.4. The summed E-state index contributed by atoms with van der Waals surface area (Å²) < 4.78 is 5.62. The largest absolute Gasteiger partial charge is 0.462 e. The number of anilines is 1. The molecule has 0 aliphatic carbocycles. The molecule has 0 unspecified atom stereocenters. The number of esters is 1. The second-order valence-electron chi connectivity index (χ2n) is 5.29. The van der Waals surface area contributed by atoms with Crippen LogP contribution in [0.1, 0.15) is 27.6 Å². The number of amides is 1. The van der Waals surface area contributed by atoms with Gasteiger partial charge in [-0.25, -0.2) is 9.78 Å². The van der Waals surface area contributed by atoms with Crippen LogP contribution in [0.25, 0.3) is 10.2 Å². The fourth-order valence-electron chi connectivity index (χ4n) is 2.33. The zero-order valence-corrected chi connectivity index (χ0v) is 15.5. The lowest BCUT2D eigenvalue weighted by molar-refractivity contribution is -0.385. The average Bonchev–Trinajstić information content (AvgIpc) is 3.02. The molecule has 27 heavy (non-hydrogen) atoms. The zero-order chi connectivity index (χ0) is 19.6. The van der Waals surface area contributed by atoms with E-state index in [4.69, 9.17) is 16.3 Å². The number of rotatable bonds is 5. The van der Waals surface area contributed by atoms with Crippen LogP contribution in [0.5, 0.6) is 0 Å². The fraction of sp³-hybridized carbons (Fsp3) is 0.118. The number of hydrogen-bond acceptors (Lipinski definition) is 7. The Kier molecular flexibility index (Phi) is 5.33. The van der Waals surface area contributed by atoms with Crippen LogP contribution in [-0.2, 0) is 4.74 Å². The van der Waals surface area contributed by atoms with E-state index in [-0.39, 0.29) is 28.0 Å². The second-order valence-corrected chi connectivity index (χ2v) is 6.76. The van der Waals surface area contributed by atoms with E-state index in [9.17, 15) is 19.7 Å². The lowest BCUT2D eigenvalue weighted by atomic mass is 10.1. The third-order valence-electron chi connectivity index (χ3n) is 3.52. The van der Waals surface area contributed by atoms with Crippen molar-refractivity contribution in [1.29, 1.82) is 0 Å². The van der Waals surface area contributed by atoms with Crippen LogP contribution in [0.3, 0.4) is 0 Å². The molecule has 1 aromatic heterocycles. The molecule has 3 rings (SSSR count). The van der Waals surface area contributed by atoms with Gasteiger partial charge in [0.15, 0.2) is 5.13 Å². The van der Waals surface area contributed by atoms with Gasteiger partial charge in [0.1, 0.15) is 5.56 Å². The predicted octanol–water partition coefficient (Wildman–Crippen LogP) is 4.29. The maximum Gasteiger partial charge on any atom is 0.338 e. The monoisotopic (exact) mass is 405 g/mol. The van der Waals surface area contributed by atoms with E-state index in [2.05, 4.69) is 10.3 Å². The van der Waals surface area contributed by atoms with E-state index in [1.807, 2.05) is 0 Å². The van der Waals surface area contributed by atoms with Crippen molar-refractivity contribution in [3.63, 3.8) is 0 Å². The predicted molar refractivity (Wildman–Crippen MR) is 102 cm³/mol. The molecule has 0 radical (unpaired) electrons. The summed E-state index contributed by atoms with van der Waals surface area (Å²) >= 11 is 6.98. The highest BCUT2D eigenvalue weighted by Crippen LogP contribution is 2.29. The van der Waals surface area contributed by atoms with Crippen molar-refractivity contribution >= 4 is 55.8 Å². The Labute approximate surface area is 161 Å². The molecule has 0 bridgehead atoms. The quantitative estimate of drug-likeness (QED) is 0.385. The molecule has 0 saturated heterocycles. The highest BCUT2D eigenvalue weighted by atomic mass is 35.5. The summed E-state index contributed by atoms with van der Waals surface area (Å²) in [6.07, 6.45) is 0. The van der Waals surface area contributed by atoms with Crippen molar-refractivity contribution < 1.29 is 19.2 Å². The number of fused-ring (bicyclic) bond motifs is 1. The number of thiazole rings is 1. The third-order valence-corrected chi connectivity index (χ3v) is 4.69. The van der Waals surface area contributed by atoms with Gasteiger partial charge in [-0.05, 0) is 37.3 Å². The van der Waals surface area contributed by atoms with Gasteiger partial charge in [-0.1, -0.05) is 22.9 Å². The summed E-state index contributed by atoms with van der Waals surface area (Å²) in [5, 5.41) is 14.1. The van der Waals surface area contributed by atoms with E-state index < -0.39 is 16.8 Å². The van der Waals surface area contributed by atoms with Crippen molar-refractivity contribution in [3.05, 3.63) is 62.7 Å². The van der Waals surface area contributed by atoms with Gasteiger partial charge in [0.05, 0.1) is 27.3 Å². The number of halogens is 1. The van der Waals surface area contributed by atoms with Crippen LogP contribution in [0.4, 0.5) is 10.8 Å². The van der Waals surface area contributed by atoms with E-state index in [0.717, 1.165) is 11.3 Å². The smallest absolute Gasteiger partial charge is 0.338 e. The molecule has 0 aliphatic heterocycles. The first-order valence-electron chi connectivity index (χ1n) is 7.72. The normalized spacial score (nSPS) is 10.6. The standard InChI is InChI=1S/C17H12ClN3O5S/c1-2-26-16(23)9-3-5-12-14(7-9)27-17(19-12)20-15(22)11-8-10(18)4-6-13(11)21(24)25/h3-8H,2H2,1H3,(H,19,20,22). The lowest BCUT2D eigenvalue weighted by Gasteiger charge is -2.03. The zero-order valence-electron chi connectivity index (χ0n) is 13.9. The molecule has 10 heteroatoms. The molecule has 0 aliphatic rings. The SMILES string of the molecule is CCOC(=O)c1ccc2nc(NC(=O)c3cc(Cl)ccc3[N+](=O)[O-])sc2c1. The first-order valence-corrected chi connectivity index (χ1v) is 8.91. The topological polar surface area (TPSA) is 111 Å². The van der Waals surface area contributed by atoms with Gasteiger partial charge in [-0.2, -0.15) is 0 Å². The molecule has 0 fully saturated rings. The van der Waals surface area contributed by atoms with E-state index >= 15 is 0 Å². The molecule has 2 aromatic carbocycles. The Morgan fingerprint density at radius 2 is 2.07 bits per heavy atom. The molecule has 1 heterocycles. The number of carbonyl (C=O) groups is 2. The molecule has 0 spiro atoms. The minimum Gasteiger partial charge on any atom is -0.462 e. The number of hydrogen-bond donors (Lipinski definition) is 1. The number of nitrogens with zero attached hydrogens (tertiary/aromatic N) is 2. The van der Waals surface area contributed by atoms with Crippen LogP contribution in [0, 0.1) is 10.1 Å². The van der Waals surface area contributed by atoms with E-state index in [1.165, 1.54) is 18.2 Å². The minimum absolute atomic E-state index is 0.168. The van der Waals surface area contributed by atoms with Crippen molar-refractivity contribution in [2.24, 2.45) is 0 Å². The lowest BCUT2D eigenvalue weighted by Crippen LogP contribution is -2.13. The van der Waals surface area contributed by atoms with Crippen LogP contribution in [0.15, 0.2) is 36.4 Å². The summed E-state index contributed by atoms with van der Waals surface area (Å²) in [5.41, 5.74) is 0.418. The van der Waals surface area contributed by atoms with Gasteiger partial charge in [-0.3, -0.25) is 20.2 Å². The summed E-state index contributed by atoms with van der Waals surface area (Å²) in [6, 6.07) is 8.55. The van der Waals surface area contributed by atoms with Gasteiger partial charge < -0.3 is 4.74 Å². The number of nitrogens with one attached hydrogen (secondary N) is 1. The third kappa shape index (κ3) is 4.04. The number of nitro benzene ring substituents is 1. The summed E-state index contributed by atoms with van der Waals surface area (Å²) in [4.78, 5) is 39.0. The van der Waals surface area contributed by atoms with Crippen LogP contribution in [0.2, 0.25) is 5.02 Å². The molecule has 0 atom stereocenters. The van der Waals surface area contributed by atoms with Gasteiger partial charge in [0.2, 0.25) is 0 Å². The second kappa shape index (κ2) is 7.68. The number of carbonyl (C=O) groups excluding carboxylic acids is 2. The number of benzene rings is 2. The van der Waals surface area contributed by atoms with Crippen LogP contribution >= 0.6 is 22.9 Å². The maximum absolute atomic E-state index is 12.4. The Balaban J connectivity index is 1.89. The first-order chi connectivity index (χ1) is 12.9. The first kappa shape index (κ1) is 18.7. The van der Waals surface area contributed by atoms with Gasteiger partial charge >= 0.3 is 5.97 Å². The number of aromatic nitrogens is 1. The molecule has 1 amide bonds. The molecular weight excluding hydrogens is 394 g/mol. The number of ether oxygens (including phenoxy) is 1. The fourth-order valence-corrected chi connectivity index (χ4v) is 3.41. The molecule has 1 N–H and O–H groups in total. The molecule has 8 nitrogen and oxygen atoms in total. The summed E-state index contributed by atoms with van der Waals surface area (Å²) in [6.45, 7) is 1.98. The van der Waals surface area contributed by atoms with Gasteiger partial charge in [0, 0.05) is 11.1 Å². The van der Waals surface area contributed by atoms with Crippen LogP contribution < -0.4 is 5.32 Å². The summed E-state index contributed by atoms with van der Waals surface area (Å²) in [7, 11) is 0. The summed E-state index contributed by atoms with van der Waals surface area (Å²) in [5.74, 6) is -1.15. The minimum atomic E-state index is -0.700. The molecule has 3 aromatic rings. The Morgan fingerprint density at radius 3 is 2.78 bits per heavy atom. The van der Waals surface area contributed by atoms with Crippen molar-refractivity contribution in [1.82, 2.24) is 4.98 Å². The molecular formula is C17H12ClN3O5S. The Bertz CT molecular complexity index is 1070. The van der Waals surface area contributed by atoms with Gasteiger partial charge in [0.25, 0.3) is 11.6 Å². The average molecular weight is 406 g/mol. The van der Waals surface area contributed by atoms with Crippen molar-refractivity contribution in [2.45, 2.75) is 6.92 Å². The highest BCUT2D eigenvalue weighted by molar-refractivity contribution is 7.22. The van der Waals surface area contributed by atoms with E-state index in [1.54, 1.807) is 25.1 Å². The number of nitro groups is 1. The van der Waals surface area contributed by atoms with Crippen molar-refractivity contribution in [3.8, 4) is 0 Å². The molecule has 0 saturated carbocycles. The molecule has 138 valence electrons. The Hall–Kier alpha value is -3.04. The highest BCUT2D eigenvalue weighted by Gasteiger charge is 2.21. The van der Waals surface area contributed by atoms with Crippen molar-refractivity contribution in [2.75, 3.05) is 11.9 Å². The Morgan fingerprint density at radius 1 is 1.30 bits per heavy atom. The van der Waals surface area contributed by atoms with Gasteiger partial charge in [-0.15, -0.1) is 0 Å². The van der Waals surface area contributed by atoms with E-state index in [0.29, 0.717) is 15.8 Å². The van der Waals surface area contributed by atoms with Crippen LogP contribution in [-0.4, -0.2) is 28.4 Å².